The lowest BCUT2D eigenvalue weighted by molar-refractivity contribution is 0.394. The molecule has 0 fully saturated rings. The Hall–Kier alpha value is -3.17. The van der Waals surface area contributed by atoms with Crippen molar-refractivity contribution in [2.75, 3.05) is 12.8 Å². The van der Waals surface area contributed by atoms with Crippen LogP contribution < -0.4 is 0 Å². The summed E-state index contributed by atoms with van der Waals surface area (Å²) in [6.45, 7) is 0.896. The number of fused-ring (bicyclic) bond motifs is 1. The monoisotopic (exact) mass is 463 g/mol. The molecule has 1 aliphatic carbocycles. The second-order valence-corrected chi connectivity index (χ2v) is 10.4. The van der Waals surface area contributed by atoms with Crippen molar-refractivity contribution in [3.05, 3.63) is 83.2 Å². The molecular formula is C24H25N5O3S. The highest BCUT2D eigenvalue weighted by molar-refractivity contribution is 7.88. The first kappa shape index (κ1) is 21.7. The molecule has 1 aliphatic heterocycles. The molecule has 0 bridgehead atoms. The van der Waals surface area contributed by atoms with E-state index >= 15 is 0 Å². The van der Waals surface area contributed by atoms with Crippen LogP contribution in [0.5, 0.6) is 0 Å². The average Bonchev–Trinajstić information content (AvgIpc) is 3.31. The Morgan fingerprint density at radius 2 is 2.00 bits per heavy atom. The molecule has 9 heteroatoms. The Labute approximate surface area is 193 Å². The first-order valence-electron chi connectivity index (χ1n) is 11.0. The molecule has 5 rings (SSSR count). The van der Waals surface area contributed by atoms with Crippen LogP contribution in [0.3, 0.4) is 0 Å². The second kappa shape index (κ2) is 8.99. The lowest BCUT2D eigenvalue weighted by Crippen LogP contribution is -2.35. The van der Waals surface area contributed by atoms with Gasteiger partial charge in [0.1, 0.15) is 5.82 Å². The minimum Gasteiger partial charge on any atom is -0.334 e. The highest BCUT2D eigenvalue weighted by Crippen LogP contribution is 2.28. The molecule has 170 valence electrons. The van der Waals surface area contributed by atoms with Gasteiger partial charge in [0.2, 0.25) is 10.0 Å². The fraction of sp³-hybridized carbons (Fsp3) is 0.333. The number of aromatic nitrogens is 4. The van der Waals surface area contributed by atoms with Gasteiger partial charge in [0, 0.05) is 43.4 Å². The van der Waals surface area contributed by atoms with E-state index in [1.165, 1.54) is 16.1 Å². The molecule has 8 nitrogen and oxygen atoms in total. The van der Waals surface area contributed by atoms with Crippen LogP contribution in [0.2, 0.25) is 0 Å². The molecule has 2 aliphatic rings. The van der Waals surface area contributed by atoms with Crippen LogP contribution in [0.25, 0.3) is 11.5 Å². The molecule has 0 saturated carbocycles. The molecule has 2 aromatic heterocycles. The number of hydrogen-bond donors (Lipinski definition) is 0. The maximum absolute atomic E-state index is 11.8. The summed E-state index contributed by atoms with van der Waals surface area (Å²) in [5.41, 5.74) is 4.26. The highest BCUT2D eigenvalue weighted by Gasteiger charge is 2.24. The Morgan fingerprint density at radius 1 is 1.15 bits per heavy atom. The van der Waals surface area contributed by atoms with Crippen LogP contribution in [0.1, 0.15) is 41.5 Å². The summed E-state index contributed by atoms with van der Waals surface area (Å²) in [6, 6.07) is 7.73. The van der Waals surface area contributed by atoms with Crippen molar-refractivity contribution < 1.29 is 12.9 Å². The van der Waals surface area contributed by atoms with Gasteiger partial charge in [0.25, 0.3) is 5.89 Å². The summed E-state index contributed by atoms with van der Waals surface area (Å²) in [6.07, 6.45) is 14.4. The largest absolute Gasteiger partial charge is 0.334 e. The van der Waals surface area contributed by atoms with E-state index in [9.17, 15) is 8.42 Å². The van der Waals surface area contributed by atoms with E-state index in [2.05, 4.69) is 38.3 Å². The van der Waals surface area contributed by atoms with Gasteiger partial charge >= 0.3 is 0 Å². The molecular weight excluding hydrogens is 438 g/mol. The Balaban J connectivity index is 1.20. The summed E-state index contributed by atoms with van der Waals surface area (Å²) in [5, 5.41) is 4.15. The quantitative estimate of drug-likeness (QED) is 0.552. The lowest BCUT2D eigenvalue weighted by Gasteiger charge is -2.26. The van der Waals surface area contributed by atoms with Crippen molar-refractivity contribution in [1.29, 1.82) is 0 Å². The Bertz CT molecular complexity index is 1310. The summed E-state index contributed by atoms with van der Waals surface area (Å²) in [7, 11) is -3.18. The molecule has 33 heavy (non-hydrogen) atoms. The summed E-state index contributed by atoms with van der Waals surface area (Å²) < 4.78 is 30.7. The topological polar surface area (TPSA) is 102 Å². The fourth-order valence-corrected chi connectivity index (χ4v) is 5.01. The van der Waals surface area contributed by atoms with E-state index in [-0.39, 0.29) is 5.92 Å². The maximum atomic E-state index is 11.8. The van der Waals surface area contributed by atoms with Gasteiger partial charge in [-0.1, -0.05) is 35.0 Å². The van der Waals surface area contributed by atoms with Gasteiger partial charge in [-0.05, 0) is 48.6 Å². The maximum Gasteiger partial charge on any atom is 0.257 e. The van der Waals surface area contributed by atoms with E-state index in [4.69, 9.17) is 4.52 Å². The van der Waals surface area contributed by atoms with Gasteiger partial charge in [-0.15, -0.1) is 0 Å². The first-order chi connectivity index (χ1) is 16.0. The first-order valence-corrected chi connectivity index (χ1v) is 12.8. The SMILES string of the molecule is CS(=O)(=O)N1CCc2cc(-c3nc(CCC4=CCC(c5ncccn5)C=C4)no3)ccc2C1. The van der Waals surface area contributed by atoms with Crippen molar-refractivity contribution in [2.24, 2.45) is 0 Å². The predicted molar refractivity (Wildman–Crippen MR) is 124 cm³/mol. The zero-order chi connectivity index (χ0) is 22.8. The molecule has 0 radical (unpaired) electrons. The van der Waals surface area contributed by atoms with Gasteiger partial charge in [-0.25, -0.2) is 18.4 Å². The van der Waals surface area contributed by atoms with E-state index in [0.29, 0.717) is 37.6 Å². The van der Waals surface area contributed by atoms with Gasteiger partial charge in [0.15, 0.2) is 5.82 Å². The molecule has 0 N–H and O–H groups in total. The van der Waals surface area contributed by atoms with Gasteiger partial charge in [-0.3, -0.25) is 0 Å². The predicted octanol–water partition coefficient (Wildman–Crippen LogP) is 3.45. The molecule has 0 spiro atoms. The summed E-state index contributed by atoms with van der Waals surface area (Å²) in [5.74, 6) is 2.24. The number of sulfonamides is 1. The summed E-state index contributed by atoms with van der Waals surface area (Å²) in [4.78, 5) is 13.3. The number of hydrogen-bond acceptors (Lipinski definition) is 7. The van der Waals surface area contributed by atoms with E-state index in [1.807, 2.05) is 24.3 Å². The molecule has 3 heterocycles. The minimum atomic E-state index is -3.18. The van der Waals surface area contributed by atoms with Crippen LogP contribution >= 0.6 is 0 Å². The van der Waals surface area contributed by atoms with Crippen LogP contribution in [-0.2, 0) is 29.4 Å². The zero-order valence-corrected chi connectivity index (χ0v) is 19.2. The fourth-order valence-electron chi connectivity index (χ4n) is 4.22. The zero-order valence-electron chi connectivity index (χ0n) is 18.4. The molecule has 1 unspecified atom stereocenters. The highest BCUT2D eigenvalue weighted by atomic mass is 32.2. The standard InChI is InChI=1S/C24H25N5O3S/c1-33(30,31)29-14-11-19-15-20(8-9-21(19)16-29)24-27-22(28-32-24)10-5-17-3-6-18(7-4-17)23-25-12-2-13-26-23/h2-4,6,8-9,12-13,15,18H,5,7,10-11,14,16H2,1H3. The van der Waals surface area contributed by atoms with Crippen molar-refractivity contribution >= 4 is 10.0 Å². The van der Waals surface area contributed by atoms with Crippen molar-refractivity contribution in [3.63, 3.8) is 0 Å². The average molecular weight is 464 g/mol. The molecule has 1 atom stereocenters. The molecule has 1 aromatic carbocycles. The van der Waals surface area contributed by atoms with Crippen LogP contribution in [0.4, 0.5) is 0 Å². The van der Waals surface area contributed by atoms with Gasteiger partial charge < -0.3 is 4.52 Å². The molecule has 0 amide bonds. The van der Waals surface area contributed by atoms with Crippen molar-refractivity contribution in [2.45, 2.75) is 38.1 Å². The van der Waals surface area contributed by atoms with Gasteiger partial charge in [-0.2, -0.15) is 9.29 Å². The number of nitrogens with zero attached hydrogens (tertiary/aromatic N) is 5. The third-order valence-electron chi connectivity index (χ3n) is 6.10. The number of allylic oxidation sites excluding steroid dienone is 4. The molecule has 0 saturated heterocycles. The number of benzene rings is 1. The lowest BCUT2D eigenvalue weighted by atomic mass is 9.94. The van der Waals surface area contributed by atoms with Crippen molar-refractivity contribution in [3.8, 4) is 11.5 Å². The van der Waals surface area contributed by atoms with Crippen LogP contribution in [0, 0.1) is 0 Å². The third kappa shape index (κ3) is 4.94. The third-order valence-corrected chi connectivity index (χ3v) is 7.35. The smallest absolute Gasteiger partial charge is 0.257 e. The molecule has 3 aromatic rings. The van der Waals surface area contributed by atoms with E-state index in [1.54, 1.807) is 12.4 Å². The van der Waals surface area contributed by atoms with Gasteiger partial charge in [0.05, 0.1) is 6.26 Å². The van der Waals surface area contributed by atoms with E-state index < -0.39 is 10.0 Å². The van der Waals surface area contributed by atoms with Crippen LogP contribution in [0.15, 0.2) is 65.0 Å². The normalized spacial score (nSPS) is 18.7. The Kier molecular flexibility index (Phi) is 5.90. The minimum absolute atomic E-state index is 0.222. The number of rotatable bonds is 6. The van der Waals surface area contributed by atoms with Crippen molar-refractivity contribution in [1.82, 2.24) is 24.4 Å². The number of aryl methyl sites for hydroxylation is 1. The Morgan fingerprint density at radius 3 is 2.76 bits per heavy atom. The van der Waals surface area contributed by atoms with E-state index in [0.717, 1.165) is 35.4 Å². The second-order valence-electron chi connectivity index (χ2n) is 8.43. The summed E-state index contributed by atoms with van der Waals surface area (Å²) >= 11 is 0. The van der Waals surface area contributed by atoms with Crippen LogP contribution in [-0.4, -0.2) is 45.6 Å².